The minimum Gasteiger partial charge on any atom is -0.465 e. The van der Waals surface area contributed by atoms with Crippen molar-refractivity contribution in [2.75, 3.05) is 18.0 Å². The number of nitrogens with one attached hydrogen (secondary N) is 4. The number of aromatic nitrogens is 3. The van der Waals surface area contributed by atoms with E-state index in [4.69, 9.17) is 9.84 Å². The summed E-state index contributed by atoms with van der Waals surface area (Å²) in [5, 5.41) is 18.1. The van der Waals surface area contributed by atoms with E-state index in [1.54, 1.807) is 6.33 Å². The number of ether oxygens (including phenoxy) is 1. The molecule has 2 aromatic rings. The highest BCUT2D eigenvalue weighted by molar-refractivity contribution is 5.87. The van der Waals surface area contributed by atoms with Gasteiger partial charge in [0.25, 0.3) is 0 Å². The lowest BCUT2D eigenvalue weighted by Gasteiger charge is -2.33. The predicted octanol–water partition coefficient (Wildman–Crippen LogP) is 5.92. The molecule has 2 fully saturated rings. The van der Waals surface area contributed by atoms with Crippen molar-refractivity contribution in [3.8, 4) is 0 Å². The summed E-state index contributed by atoms with van der Waals surface area (Å²) in [6.07, 6.45) is 16.9. The zero-order valence-corrected chi connectivity index (χ0v) is 25.4. The van der Waals surface area contributed by atoms with Crippen LogP contribution in [0.1, 0.15) is 105 Å². The van der Waals surface area contributed by atoms with Gasteiger partial charge in [0.1, 0.15) is 23.4 Å². The smallest absolute Gasteiger partial charge is 0.407 e. The van der Waals surface area contributed by atoms with Crippen LogP contribution in [0.5, 0.6) is 0 Å². The van der Waals surface area contributed by atoms with Gasteiger partial charge in [-0.25, -0.2) is 19.6 Å². The first kappa shape index (κ1) is 32.4. The molecule has 41 heavy (non-hydrogen) atoms. The lowest BCUT2D eigenvalue weighted by molar-refractivity contribution is 0.0529. The molecule has 11 heteroatoms. The van der Waals surface area contributed by atoms with Gasteiger partial charge in [-0.2, -0.15) is 0 Å². The summed E-state index contributed by atoms with van der Waals surface area (Å²) < 4.78 is 5.35. The van der Waals surface area contributed by atoms with Gasteiger partial charge in [-0.05, 0) is 59.4 Å². The van der Waals surface area contributed by atoms with E-state index < -0.39 is 11.7 Å². The molecule has 2 aliphatic rings. The number of hydrogen-bond acceptors (Lipinski definition) is 7. The van der Waals surface area contributed by atoms with Gasteiger partial charge in [0.05, 0.1) is 11.6 Å². The van der Waals surface area contributed by atoms with Crippen LogP contribution in [0.2, 0.25) is 0 Å². The molecule has 0 spiro atoms. The minimum absolute atomic E-state index is 0.143. The van der Waals surface area contributed by atoms with Crippen molar-refractivity contribution >= 4 is 29.0 Å². The highest BCUT2D eigenvalue weighted by Gasteiger charge is 2.24. The van der Waals surface area contributed by atoms with Crippen LogP contribution in [0, 0.1) is 0 Å². The molecule has 11 nitrogen and oxygen atoms in total. The molecule has 2 heterocycles. The Hall–Kier alpha value is -3.08. The summed E-state index contributed by atoms with van der Waals surface area (Å²) in [7, 11) is 0. The van der Waals surface area contributed by atoms with Crippen molar-refractivity contribution in [2.45, 2.75) is 129 Å². The summed E-state index contributed by atoms with van der Waals surface area (Å²) in [6.45, 7) is 8.66. The molecule has 0 aliphatic heterocycles. The number of hydrogen-bond donors (Lipinski definition) is 5. The summed E-state index contributed by atoms with van der Waals surface area (Å²) >= 11 is 0. The van der Waals surface area contributed by atoms with Crippen LogP contribution in [0.15, 0.2) is 18.6 Å². The van der Waals surface area contributed by atoms with Crippen molar-refractivity contribution in [2.24, 2.45) is 0 Å². The van der Waals surface area contributed by atoms with Gasteiger partial charge in [-0.3, -0.25) is 5.32 Å². The molecular weight excluding hydrogens is 522 g/mol. The molecule has 1 atom stereocenters. The Kier molecular flexibility index (Phi) is 13.0. The number of fused-ring (bicyclic) bond motifs is 1. The highest BCUT2D eigenvalue weighted by Crippen LogP contribution is 2.29. The Balaban J connectivity index is 0.000000278. The summed E-state index contributed by atoms with van der Waals surface area (Å²) in [4.78, 5) is 36.8. The number of rotatable bonds is 8. The number of nitrogens with zero attached hydrogens (tertiary/aromatic N) is 3. The molecule has 0 radical (unpaired) electrons. The number of H-pyrrole nitrogens is 1. The van der Waals surface area contributed by atoms with Crippen molar-refractivity contribution in [1.29, 1.82) is 0 Å². The van der Waals surface area contributed by atoms with E-state index in [1.807, 2.05) is 40.0 Å². The van der Waals surface area contributed by atoms with Crippen LogP contribution in [-0.4, -0.2) is 69.2 Å². The van der Waals surface area contributed by atoms with Gasteiger partial charge in [0.2, 0.25) is 0 Å². The second-order valence-corrected chi connectivity index (χ2v) is 12.2. The number of aromatic amines is 1. The molecule has 230 valence electrons. The molecule has 0 saturated heterocycles. The number of amides is 2. The monoisotopic (exact) mass is 573 g/mol. The fraction of sp³-hybridized carbons (Fsp3) is 0.733. The number of carbonyl (C=O) groups excluding carboxylic acids is 1. The maximum atomic E-state index is 12.0. The fourth-order valence-electron chi connectivity index (χ4n) is 5.74. The van der Waals surface area contributed by atoms with E-state index in [1.165, 1.54) is 64.2 Å². The molecule has 2 amide bonds. The minimum atomic E-state index is -0.960. The van der Waals surface area contributed by atoms with Crippen LogP contribution >= 0.6 is 0 Å². The van der Waals surface area contributed by atoms with Crippen LogP contribution in [0.3, 0.4) is 0 Å². The second kappa shape index (κ2) is 16.4. The van der Waals surface area contributed by atoms with Gasteiger partial charge in [0.15, 0.2) is 0 Å². The first-order valence-corrected chi connectivity index (χ1v) is 15.4. The quantitative estimate of drug-likeness (QED) is 0.193. The van der Waals surface area contributed by atoms with E-state index in [2.05, 4.69) is 35.8 Å². The average Bonchev–Trinajstić information content (AvgIpc) is 3.05. The topological polar surface area (TPSA) is 144 Å². The SMILES string of the molecule is CC(C)(C)OC(=O)NCCN(c1ncnc2[nH]ccc12)C1CCCCCC1.CC(NC(=O)O)NC1CCCCCC1. The van der Waals surface area contributed by atoms with Gasteiger partial charge in [-0.15, -0.1) is 0 Å². The fourth-order valence-corrected chi connectivity index (χ4v) is 5.74. The molecule has 2 aromatic heterocycles. The molecule has 2 aliphatic carbocycles. The van der Waals surface area contributed by atoms with Gasteiger partial charge >= 0.3 is 12.2 Å². The van der Waals surface area contributed by atoms with Crippen LogP contribution in [-0.2, 0) is 4.74 Å². The van der Waals surface area contributed by atoms with Gasteiger partial charge < -0.3 is 30.4 Å². The molecule has 2 saturated carbocycles. The lowest BCUT2D eigenvalue weighted by Crippen LogP contribution is -2.47. The Bertz CT molecular complexity index is 1050. The third kappa shape index (κ3) is 11.7. The largest absolute Gasteiger partial charge is 0.465 e. The zero-order valence-electron chi connectivity index (χ0n) is 25.4. The molecule has 0 aromatic carbocycles. The van der Waals surface area contributed by atoms with Crippen LogP contribution in [0.4, 0.5) is 15.4 Å². The standard InChI is InChI=1S/C20H31N5O2.C10H20N2O2/c1-20(2,3)27-19(26)22-12-13-25(15-8-6-4-5-7-9-15)18-16-10-11-21-17(16)23-14-24-18;1-8(12-10(13)14)11-9-6-4-2-3-5-7-9/h10-11,14-15H,4-9,12-13H2,1-3H3,(H,22,26)(H,21,23,24);8-9,11-12H,2-7H2,1H3,(H,13,14). The van der Waals surface area contributed by atoms with E-state index in [0.29, 0.717) is 25.2 Å². The maximum absolute atomic E-state index is 12.0. The third-order valence-corrected chi connectivity index (χ3v) is 7.57. The normalized spacial score (nSPS) is 17.9. The number of alkyl carbamates (subject to hydrolysis) is 1. The number of anilines is 1. The second-order valence-electron chi connectivity index (χ2n) is 12.2. The highest BCUT2D eigenvalue weighted by atomic mass is 16.6. The zero-order chi connectivity index (χ0) is 29.7. The Morgan fingerprint density at radius 3 is 2.29 bits per heavy atom. The van der Waals surface area contributed by atoms with E-state index in [0.717, 1.165) is 29.7 Å². The van der Waals surface area contributed by atoms with Gasteiger partial charge in [0, 0.05) is 31.4 Å². The van der Waals surface area contributed by atoms with Gasteiger partial charge in [-0.1, -0.05) is 51.4 Å². The predicted molar refractivity (Wildman–Crippen MR) is 162 cm³/mol. The molecular formula is C30H51N7O4. The number of carboxylic acid groups (broad SMARTS) is 1. The van der Waals surface area contributed by atoms with Crippen molar-refractivity contribution in [1.82, 2.24) is 30.9 Å². The first-order chi connectivity index (χ1) is 19.6. The Morgan fingerprint density at radius 1 is 1.05 bits per heavy atom. The Labute approximate surface area is 244 Å². The summed E-state index contributed by atoms with van der Waals surface area (Å²) in [5.41, 5.74) is 0.355. The average molecular weight is 574 g/mol. The molecule has 4 rings (SSSR count). The van der Waals surface area contributed by atoms with E-state index in [-0.39, 0.29) is 12.3 Å². The molecule has 1 unspecified atom stereocenters. The first-order valence-electron chi connectivity index (χ1n) is 15.4. The lowest BCUT2D eigenvalue weighted by atomic mass is 10.1. The van der Waals surface area contributed by atoms with E-state index >= 15 is 0 Å². The van der Waals surface area contributed by atoms with Crippen LogP contribution in [0.25, 0.3) is 11.0 Å². The Morgan fingerprint density at radius 2 is 1.68 bits per heavy atom. The summed E-state index contributed by atoms with van der Waals surface area (Å²) in [6, 6.07) is 2.94. The summed E-state index contributed by atoms with van der Waals surface area (Å²) in [5.74, 6) is 0.944. The molecule has 5 N–H and O–H groups in total. The maximum Gasteiger partial charge on any atom is 0.407 e. The van der Waals surface area contributed by atoms with Crippen molar-refractivity contribution < 1.29 is 19.4 Å². The molecule has 0 bridgehead atoms. The number of carbonyl (C=O) groups is 2. The van der Waals surface area contributed by atoms with Crippen molar-refractivity contribution in [3.05, 3.63) is 18.6 Å². The third-order valence-electron chi connectivity index (χ3n) is 7.57. The van der Waals surface area contributed by atoms with E-state index in [9.17, 15) is 9.59 Å². The van der Waals surface area contributed by atoms with Crippen LogP contribution < -0.4 is 20.9 Å². The van der Waals surface area contributed by atoms with Crippen molar-refractivity contribution in [3.63, 3.8) is 0 Å².